The number of fused-ring (bicyclic) bond motifs is 4. The van der Waals surface area contributed by atoms with Crippen LogP contribution in [0.15, 0.2) is 53.6 Å². The first kappa shape index (κ1) is 31.2. The number of aliphatic imine (C=N–C) groups is 1. The van der Waals surface area contributed by atoms with E-state index in [9.17, 15) is 19.5 Å². The second kappa shape index (κ2) is 12.9. The van der Waals surface area contributed by atoms with Gasteiger partial charge in [0.05, 0.1) is 62.0 Å². The Morgan fingerprint density at radius 1 is 0.848 bits per heavy atom. The number of rotatable bonds is 11. The molecule has 3 atom stereocenters. The molecule has 1 N–H and O–H groups in total. The summed E-state index contributed by atoms with van der Waals surface area (Å²) in [4.78, 5) is 47.7. The molecule has 2 saturated heterocycles. The maximum Gasteiger partial charge on any atom is 0.257 e. The van der Waals surface area contributed by atoms with Gasteiger partial charge in [-0.1, -0.05) is 24.3 Å². The second-order valence-corrected chi connectivity index (χ2v) is 11.9. The number of amides is 3. The van der Waals surface area contributed by atoms with E-state index in [1.807, 2.05) is 0 Å². The number of methoxy groups -OCH3 is 2. The molecule has 2 aromatic rings. The highest BCUT2D eigenvalue weighted by atomic mass is 16.5. The van der Waals surface area contributed by atoms with E-state index >= 15 is 0 Å². The summed E-state index contributed by atoms with van der Waals surface area (Å²) in [7, 11) is 3.02. The van der Waals surface area contributed by atoms with Crippen LogP contribution in [0.1, 0.15) is 52.8 Å². The zero-order valence-corrected chi connectivity index (χ0v) is 26.1. The maximum absolute atomic E-state index is 13.4. The van der Waals surface area contributed by atoms with Gasteiger partial charge in [-0.3, -0.25) is 24.3 Å². The van der Waals surface area contributed by atoms with Crippen LogP contribution in [0.3, 0.4) is 0 Å². The lowest BCUT2D eigenvalue weighted by Crippen LogP contribution is -2.48. The highest BCUT2D eigenvalue weighted by Crippen LogP contribution is 2.42. The summed E-state index contributed by atoms with van der Waals surface area (Å²) in [6, 6.07) is 5.90. The fraction of sp³-hybridized carbons (Fsp3) is 0.412. The zero-order valence-electron chi connectivity index (χ0n) is 26.1. The van der Waals surface area contributed by atoms with Crippen LogP contribution < -0.4 is 23.8 Å². The van der Waals surface area contributed by atoms with E-state index in [1.54, 1.807) is 47.4 Å². The monoisotopic (exact) mass is 630 g/mol. The third-order valence-corrected chi connectivity index (χ3v) is 8.84. The number of hydrogen-bond acceptors (Lipinski definition) is 9. The van der Waals surface area contributed by atoms with Crippen molar-refractivity contribution in [3.63, 3.8) is 0 Å². The fourth-order valence-corrected chi connectivity index (χ4v) is 6.48. The summed E-state index contributed by atoms with van der Waals surface area (Å²) in [5.41, 5.74) is 3.37. The van der Waals surface area contributed by atoms with Crippen LogP contribution in [0.25, 0.3) is 0 Å². The normalized spacial score (nSPS) is 21.7. The van der Waals surface area contributed by atoms with E-state index in [4.69, 9.17) is 18.9 Å². The molecule has 0 spiro atoms. The number of benzene rings is 2. The number of hydrogen-bond donors (Lipinski definition) is 1. The zero-order chi connectivity index (χ0) is 32.5. The molecule has 46 heavy (non-hydrogen) atoms. The topological polar surface area (TPSA) is 130 Å². The number of aliphatic hydroxyl groups excluding tert-OH is 1. The lowest BCUT2D eigenvalue weighted by atomic mass is 10.1. The highest BCUT2D eigenvalue weighted by molar-refractivity contribution is 6.05. The minimum Gasteiger partial charge on any atom is -0.493 e. The molecule has 0 aromatic heterocycles. The molecular formula is C34H38N4O8. The van der Waals surface area contributed by atoms with Gasteiger partial charge in [-0.05, 0) is 44.2 Å². The number of unbranched alkanes of at least 4 members (excludes halogenated alkanes) is 2. The molecule has 2 fully saturated rings. The van der Waals surface area contributed by atoms with Gasteiger partial charge in [-0.15, -0.1) is 0 Å². The highest BCUT2D eigenvalue weighted by Gasteiger charge is 2.44. The summed E-state index contributed by atoms with van der Waals surface area (Å²) < 4.78 is 23.1. The minimum atomic E-state index is -1.22. The van der Waals surface area contributed by atoms with Crippen LogP contribution in [0.2, 0.25) is 0 Å². The summed E-state index contributed by atoms with van der Waals surface area (Å²) >= 11 is 0. The van der Waals surface area contributed by atoms with E-state index in [2.05, 4.69) is 18.2 Å². The molecule has 242 valence electrons. The Balaban J connectivity index is 1.05. The Morgan fingerprint density at radius 3 is 2.13 bits per heavy atom. The van der Waals surface area contributed by atoms with E-state index in [0.29, 0.717) is 86.2 Å². The van der Waals surface area contributed by atoms with E-state index < -0.39 is 12.3 Å². The Labute approximate surface area is 267 Å². The second-order valence-electron chi connectivity index (χ2n) is 11.9. The summed E-state index contributed by atoms with van der Waals surface area (Å²) in [5.74, 6) is 1.31. The van der Waals surface area contributed by atoms with Crippen molar-refractivity contribution >= 4 is 35.8 Å². The largest absolute Gasteiger partial charge is 0.493 e. The van der Waals surface area contributed by atoms with Crippen LogP contribution in [-0.2, 0) is 4.79 Å². The average molecular weight is 631 g/mol. The van der Waals surface area contributed by atoms with Crippen molar-refractivity contribution in [2.24, 2.45) is 4.99 Å². The first-order valence-corrected chi connectivity index (χ1v) is 15.3. The Morgan fingerprint density at radius 2 is 1.46 bits per heavy atom. The summed E-state index contributed by atoms with van der Waals surface area (Å²) in [6.07, 6.45) is 4.45. The van der Waals surface area contributed by atoms with E-state index in [0.717, 1.165) is 24.0 Å². The number of ether oxygens (including phenoxy) is 4. The smallest absolute Gasteiger partial charge is 0.257 e. The Bertz CT molecular complexity index is 1620. The Kier molecular flexibility index (Phi) is 8.72. The van der Waals surface area contributed by atoms with Gasteiger partial charge < -0.3 is 33.9 Å². The third-order valence-electron chi connectivity index (χ3n) is 8.84. The molecule has 2 aromatic carbocycles. The van der Waals surface area contributed by atoms with Crippen molar-refractivity contribution in [1.82, 2.24) is 9.80 Å². The lowest BCUT2D eigenvalue weighted by Gasteiger charge is -2.29. The van der Waals surface area contributed by atoms with Crippen molar-refractivity contribution in [3.05, 3.63) is 59.7 Å². The summed E-state index contributed by atoms with van der Waals surface area (Å²) in [6.45, 7) is 9.59. The Hall–Kier alpha value is -4.84. The van der Waals surface area contributed by atoms with Crippen LogP contribution in [-0.4, -0.2) is 98.2 Å². The first-order chi connectivity index (χ1) is 22.2. The number of anilines is 1. The van der Waals surface area contributed by atoms with E-state index in [1.165, 1.54) is 12.0 Å². The van der Waals surface area contributed by atoms with Crippen molar-refractivity contribution in [3.8, 4) is 23.0 Å². The van der Waals surface area contributed by atoms with Crippen molar-refractivity contribution < 1.29 is 38.4 Å². The lowest BCUT2D eigenvalue weighted by molar-refractivity contribution is -0.109. The molecule has 0 unspecified atom stereocenters. The molecule has 0 aliphatic carbocycles. The molecule has 3 amide bonds. The maximum atomic E-state index is 13.4. The fourth-order valence-electron chi connectivity index (χ4n) is 6.48. The number of nitrogens with zero attached hydrogens (tertiary/aromatic N) is 4. The van der Waals surface area contributed by atoms with Gasteiger partial charge in [0.2, 0.25) is 6.41 Å². The van der Waals surface area contributed by atoms with Gasteiger partial charge in [0.15, 0.2) is 29.2 Å². The molecule has 0 radical (unpaired) electrons. The molecule has 6 rings (SSSR count). The standard InChI is InChI=1S/C34H38N4O8/c1-20-10-22-16-35-25-14-30(28(43-3)12-23(25)32(40)36(22)17-20)45-8-6-5-7-9-46-31-15-26-24(13-29(31)44-4)33(41)37-18-21(2)11-27(37)34(42)38(26)19-39/h12-16,19,22,27,34,42H,1-2,5-11,17-18H2,3-4H3/t22-,27-,34-/m0/s1. The third kappa shape index (κ3) is 5.68. The molecule has 4 aliphatic heterocycles. The predicted molar refractivity (Wildman–Crippen MR) is 171 cm³/mol. The molecule has 4 heterocycles. The number of carbonyl (C=O) groups excluding carboxylic acids is 3. The SMILES string of the molecule is C=C1C[C@H]2C=Nc3cc(OCCCCCOc4cc5c(cc4OC)C(=O)N4CC(=C)C[C@H]4[C@H](O)N5C=O)c(OC)cc3C(=O)N2C1. The van der Waals surface area contributed by atoms with Crippen LogP contribution in [0, 0.1) is 0 Å². The minimum absolute atomic E-state index is 0.0904. The molecule has 4 aliphatic rings. The first-order valence-electron chi connectivity index (χ1n) is 15.3. The molecule has 0 bridgehead atoms. The summed E-state index contributed by atoms with van der Waals surface area (Å²) in [5, 5.41) is 11.0. The van der Waals surface area contributed by atoms with Crippen molar-refractivity contribution in [2.45, 2.75) is 50.4 Å². The predicted octanol–water partition coefficient (Wildman–Crippen LogP) is 3.88. The average Bonchev–Trinajstić information content (AvgIpc) is 3.59. The van der Waals surface area contributed by atoms with Crippen LogP contribution >= 0.6 is 0 Å². The van der Waals surface area contributed by atoms with Gasteiger partial charge in [-0.2, -0.15) is 0 Å². The van der Waals surface area contributed by atoms with Crippen molar-refractivity contribution in [2.75, 3.05) is 45.4 Å². The van der Waals surface area contributed by atoms with Gasteiger partial charge in [-0.25, -0.2) is 0 Å². The molecule has 0 saturated carbocycles. The number of carbonyl (C=O) groups is 3. The number of aliphatic hydroxyl groups is 1. The molecule has 12 nitrogen and oxygen atoms in total. The quantitative estimate of drug-likeness (QED) is 0.225. The van der Waals surface area contributed by atoms with Crippen molar-refractivity contribution in [1.29, 1.82) is 0 Å². The van der Waals surface area contributed by atoms with E-state index in [-0.39, 0.29) is 29.1 Å². The van der Waals surface area contributed by atoms with Gasteiger partial charge >= 0.3 is 0 Å². The van der Waals surface area contributed by atoms with Crippen LogP contribution in [0.4, 0.5) is 11.4 Å². The van der Waals surface area contributed by atoms with Crippen LogP contribution in [0.5, 0.6) is 23.0 Å². The van der Waals surface area contributed by atoms with Gasteiger partial charge in [0, 0.05) is 31.4 Å². The molecular weight excluding hydrogens is 592 g/mol. The van der Waals surface area contributed by atoms with Gasteiger partial charge in [0.1, 0.15) is 0 Å². The van der Waals surface area contributed by atoms with Gasteiger partial charge in [0.25, 0.3) is 11.8 Å². The molecule has 12 heteroatoms.